The number of nitrogens with zero attached hydrogens (tertiary/aromatic N) is 2. The molecule has 0 aliphatic heterocycles. The molecule has 0 spiro atoms. The highest BCUT2D eigenvalue weighted by molar-refractivity contribution is 7.92. The lowest BCUT2D eigenvalue weighted by Gasteiger charge is -2.33. The van der Waals surface area contributed by atoms with Crippen molar-refractivity contribution in [1.82, 2.24) is 10.2 Å². The van der Waals surface area contributed by atoms with E-state index in [-0.39, 0.29) is 12.5 Å². The number of benzene rings is 2. The second kappa shape index (κ2) is 12.1. The second-order valence-electron chi connectivity index (χ2n) is 7.85. The summed E-state index contributed by atoms with van der Waals surface area (Å²) in [5, 5.41) is 3.15. The van der Waals surface area contributed by atoms with Crippen LogP contribution in [0.2, 0.25) is 5.02 Å². The van der Waals surface area contributed by atoms with Gasteiger partial charge in [0, 0.05) is 18.1 Å². The highest BCUT2D eigenvalue weighted by Gasteiger charge is 2.32. The molecular weight excluding hydrogens is 478 g/mol. The van der Waals surface area contributed by atoms with Crippen LogP contribution in [-0.2, 0) is 26.2 Å². The van der Waals surface area contributed by atoms with Gasteiger partial charge in [0.05, 0.1) is 19.1 Å². The largest absolute Gasteiger partial charge is 0.497 e. The van der Waals surface area contributed by atoms with Crippen LogP contribution in [0, 0.1) is 6.92 Å². The molecule has 0 aromatic heterocycles. The summed E-state index contributed by atoms with van der Waals surface area (Å²) < 4.78 is 31.7. The van der Waals surface area contributed by atoms with Crippen molar-refractivity contribution in [1.29, 1.82) is 0 Å². The number of nitrogens with one attached hydrogen (secondary N) is 1. The molecule has 0 saturated carbocycles. The van der Waals surface area contributed by atoms with Gasteiger partial charge >= 0.3 is 0 Å². The van der Waals surface area contributed by atoms with Gasteiger partial charge in [-0.2, -0.15) is 0 Å². The predicted molar refractivity (Wildman–Crippen MR) is 135 cm³/mol. The summed E-state index contributed by atoms with van der Waals surface area (Å²) in [5.74, 6) is -0.194. The minimum Gasteiger partial charge on any atom is -0.497 e. The molecule has 0 aliphatic rings. The Labute approximate surface area is 206 Å². The van der Waals surface area contributed by atoms with Crippen LogP contribution in [0.5, 0.6) is 5.75 Å². The van der Waals surface area contributed by atoms with Gasteiger partial charge in [0.15, 0.2) is 0 Å². The Morgan fingerprint density at radius 1 is 1.15 bits per heavy atom. The molecule has 1 N–H and O–H groups in total. The SMILES string of the molecule is CCNC(=O)C(CC)N(Cc1cccc(OC)c1)C(=O)CN(c1cccc(Cl)c1C)S(C)(=O)=O. The number of methoxy groups -OCH3 is 1. The summed E-state index contributed by atoms with van der Waals surface area (Å²) in [6.07, 6.45) is 1.39. The minimum absolute atomic E-state index is 0.109. The molecule has 2 aromatic carbocycles. The first-order valence-electron chi connectivity index (χ1n) is 11.0. The third kappa shape index (κ3) is 6.87. The molecule has 34 heavy (non-hydrogen) atoms. The quantitative estimate of drug-likeness (QED) is 0.501. The molecule has 10 heteroatoms. The lowest BCUT2D eigenvalue weighted by molar-refractivity contribution is -0.140. The number of hydrogen-bond acceptors (Lipinski definition) is 5. The second-order valence-corrected chi connectivity index (χ2v) is 10.2. The summed E-state index contributed by atoms with van der Waals surface area (Å²) >= 11 is 6.21. The van der Waals surface area contributed by atoms with Gasteiger partial charge < -0.3 is 15.0 Å². The van der Waals surface area contributed by atoms with E-state index in [9.17, 15) is 18.0 Å². The van der Waals surface area contributed by atoms with Crippen molar-refractivity contribution in [3.05, 3.63) is 58.6 Å². The zero-order valence-electron chi connectivity index (χ0n) is 20.2. The summed E-state index contributed by atoms with van der Waals surface area (Å²) in [7, 11) is -2.28. The Hall–Kier alpha value is -2.78. The summed E-state index contributed by atoms with van der Waals surface area (Å²) in [4.78, 5) is 27.8. The van der Waals surface area contributed by atoms with E-state index in [2.05, 4.69) is 5.32 Å². The molecule has 1 atom stereocenters. The number of ether oxygens (including phenoxy) is 1. The van der Waals surface area contributed by atoms with Crippen LogP contribution in [0.25, 0.3) is 0 Å². The summed E-state index contributed by atoms with van der Waals surface area (Å²) in [5.41, 5.74) is 1.61. The van der Waals surface area contributed by atoms with Crippen molar-refractivity contribution in [3.63, 3.8) is 0 Å². The van der Waals surface area contributed by atoms with E-state index >= 15 is 0 Å². The van der Waals surface area contributed by atoms with E-state index in [4.69, 9.17) is 16.3 Å². The van der Waals surface area contributed by atoms with Crippen LogP contribution < -0.4 is 14.4 Å². The minimum atomic E-state index is -3.83. The van der Waals surface area contributed by atoms with Crippen molar-refractivity contribution in [3.8, 4) is 5.75 Å². The summed E-state index contributed by atoms with van der Waals surface area (Å²) in [6, 6.07) is 11.3. The number of hydrogen-bond donors (Lipinski definition) is 1. The van der Waals surface area contributed by atoms with E-state index in [1.807, 2.05) is 6.07 Å². The highest BCUT2D eigenvalue weighted by atomic mass is 35.5. The monoisotopic (exact) mass is 509 g/mol. The number of likely N-dealkylation sites (N-methyl/N-ethyl adjacent to an activating group) is 1. The number of halogens is 1. The first-order chi connectivity index (χ1) is 16.0. The van der Waals surface area contributed by atoms with Crippen LogP contribution in [0.4, 0.5) is 5.69 Å². The molecule has 0 fully saturated rings. The maximum atomic E-state index is 13.6. The van der Waals surface area contributed by atoms with Crippen LogP contribution in [-0.4, -0.2) is 57.6 Å². The van der Waals surface area contributed by atoms with Gasteiger partial charge in [-0.15, -0.1) is 0 Å². The van der Waals surface area contributed by atoms with Crippen molar-refractivity contribution >= 4 is 39.1 Å². The topological polar surface area (TPSA) is 96.0 Å². The van der Waals surface area contributed by atoms with Gasteiger partial charge in [0.2, 0.25) is 21.8 Å². The Morgan fingerprint density at radius 2 is 1.82 bits per heavy atom. The van der Waals surface area contributed by atoms with Crippen LogP contribution in [0.3, 0.4) is 0 Å². The van der Waals surface area contributed by atoms with E-state index in [1.54, 1.807) is 64.3 Å². The number of amides is 2. The van der Waals surface area contributed by atoms with Gasteiger partial charge in [-0.25, -0.2) is 8.42 Å². The molecule has 2 aromatic rings. The van der Waals surface area contributed by atoms with Crippen molar-refractivity contribution in [2.45, 2.75) is 39.8 Å². The zero-order valence-corrected chi connectivity index (χ0v) is 21.7. The Bertz CT molecular complexity index is 1120. The van der Waals surface area contributed by atoms with Crippen molar-refractivity contribution in [2.24, 2.45) is 0 Å². The first-order valence-corrected chi connectivity index (χ1v) is 13.2. The molecule has 2 amide bonds. The maximum Gasteiger partial charge on any atom is 0.244 e. The maximum absolute atomic E-state index is 13.6. The molecule has 0 aliphatic carbocycles. The Morgan fingerprint density at radius 3 is 2.41 bits per heavy atom. The van der Waals surface area contributed by atoms with Crippen molar-refractivity contribution < 1.29 is 22.7 Å². The third-order valence-electron chi connectivity index (χ3n) is 5.41. The standard InChI is InChI=1S/C24H32ClN3O5S/c1-6-21(24(30)26-7-2)27(15-18-10-8-11-19(14-18)33-4)23(29)16-28(34(5,31)32)22-13-9-12-20(25)17(22)3/h8-14,21H,6-7,15-16H2,1-5H3,(H,26,30). The van der Waals surface area contributed by atoms with Gasteiger partial charge in [-0.3, -0.25) is 13.9 Å². The van der Waals surface area contributed by atoms with Crippen LogP contribution in [0.1, 0.15) is 31.4 Å². The smallest absolute Gasteiger partial charge is 0.244 e. The number of carbonyl (C=O) groups is 2. The molecule has 2 rings (SSSR count). The summed E-state index contributed by atoms with van der Waals surface area (Å²) in [6.45, 7) is 5.34. The highest BCUT2D eigenvalue weighted by Crippen LogP contribution is 2.28. The lowest BCUT2D eigenvalue weighted by Crippen LogP contribution is -2.52. The fraction of sp³-hybridized carbons (Fsp3) is 0.417. The number of anilines is 1. The first kappa shape index (κ1) is 27.5. The van der Waals surface area contributed by atoms with Crippen LogP contribution in [0.15, 0.2) is 42.5 Å². The number of sulfonamides is 1. The number of carbonyl (C=O) groups excluding carboxylic acids is 2. The van der Waals surface area contributed by atoms with Gasteiger partial charge in [0.1, 0.15) is 18.3 Å². The van der Waals surface area contributed by atoms with E-state index in [1.165, 1.54) is 4.90 Å². The molecule has 0 bridgehead atoms. The average molecular weight is 510 g/mol. The van der Waals surface area contributed by atoms with Crippen LogP contribution >= 0.6 is 11.6 Å². The molecule has 0 radical (unpaired) electrons. The molecule has 186 valence electrons. The molecule has 0 saturated heterocycles. The van der Waals surface area contributed by atoms with Gasteiger partial charge in [0.25, 0.3) is 0 Å². The number of rotatable bonds is 11. The van der Waals surface area contributed by atoms with E-state index < -0.39 is 28.5 Å². The van der Waals surface area contributed by atoms with Gasteiger partial charge in [-0.05, 0) is 55.7 Å². The molecular formula is C24H32ClN3O5S. The fourth-order valence-corrected chi connectivity index (χ4v) is 4.71. The average Bonchev–Trinajstić information content (AvgIpc) is 2.79. The fourth-order valence-electron chi connectivity index (χ4n) is 3.64. The molecule has 0 heterocycles. The predicted octanol–water partition coefficient (Wildman–Crippen LogP) is 3.37. The van der Waals surface area contributed by atoms with Gasteiger partial charge in [-0.1, -0.05) is 36.7 Å². The zero-order chi connectivity index (χ0) is 25.5. The third-order valence-corrected chi connectivity index (χ3v) is 6.95. The molecule has 1 unspecified atom stereocenters. The van der Waals surface area contributed by atoms with E-state index in [0.717, 1.165) is 16.1 Å². The van der Waals surface area contributed by atoms with E-state index in [0.29, 0.717) is 35.0 Å². The Balaban J connectivity index is 2.49. The molecule has 8 nitrogen and oxygen atoms in total. The van der Waals surface area contributed by atoms with Crippen molar-refractivity contribution in [2.75, 3.05) is 30.8 Å². The Kier molecular flexibility index (Phi) is 9.76. The lowest BCUT2D eigenvalue weighted by atomic mass is 10.1. The normalized spacial score (nSPS) is 12.1.